The van der Waals surface area contributed by atoms with Gasteiger partial charge in [0.15, 0.2) is 5.82 Å². The van der Waals surface area contributed by atoms with Gasteiger partial charge >= 0.3 is 0 Å². The highest BCUT2D eigenvalue weighted by atomic mass is 19.1. The molecule has 0 saturated heterocycles. The van der Waals surface area contributed by atoms with Crippen LogP contribution in [0, 0.1) is 17.6 Å². The lowest BCUT2D eigenvalue weighted by Gasteiger charge is -2.08. The van der Waals surface area contributed by atoms with Crippen LogP contribution in [0.2, 0.25) is 0 Å². The summed E-state index contributed by atoms with van der Waals surface area (Å²) >= 11 is 0. The van der Waals surface area contributed by atoms with E-state index >= 15 is 0 Å². The summed E-state index contributed by atoms with van der Waals surface area (Å²) in [5.41, 5.74) is 0.308. The average molecular weight is 295 g/mol. The molecule has 1 amide bonds. The van der Waals surface area contributed by atoms with Gasteiger partial charge in [0, 0.05) is 25.4 Å². The molecule has 7 heteroatoms. The standard InChI is InChI=1S/C14H15F2N3O2/c1-9(8-20)5-17-14(21)10-6-18-19(7-10)13-3-2-11(15)4-12(13)16/h2-4,6-7,9,20H,5,8H2,1H3,(H,17,21). The van der Waals surface area contributed by atoms with Crippen LogP contribution in [0.4, 0.5) is 8.78 Å². The van der Waals surface area contributed by atoms with Crippen LogP contribution in [-0.2, 0) is 0 Å². The predicted octanol–water partition coefficient (Wildman–Crippen LogP) is 1.51. The number of carbonyl (C=O) groups is 1. The van der Waals surface area contributed by atoms with Gasteiger partial charge in [0.1, 0.15) is 11.5 Å². The Balaban J connectivity index is 2.12. The summed E-state index contributed by atoms with van der Waals surface area (Å²) in [4.78, 5) is 11.8. The molecule has 1 aromatic carbocycles. The first-order chi connectivity index (χ1) is 10.0. The molecule has 2 rings (SSSR count). The van der Waals surface area contributed by atoms with E-state index in [-0.39, 0.29) is 29.7 Å². The fourth-order valence-electron chi connectivity index (χ4n) is 1.67. The van der Waals surface area contributed by atoms with E-state index in [4.69, 9.17) is 5.11 Å². The van der Waals surface area contributed by atoms with Gasteiger partial charge in [0.25, 0.3) is 5.91 Å². The lowest BCUT2D eigenvalue weighted by molar-refractivity contribution is 0.0942. The molecule has 5 nitrogen and oxygen atoms in total. The molecular weight excluding hydrogens is 280 g/mol. The van der Waals surface area contributed by atoms with E-state index in [0.29, 0.717) is 6.54 Å². The summed E-state index contributed by atoms with van der Waals surface area (Å²) in [5.74, 6) is -1.87. The van der Waals surface area contributed by atoms with Crippen molar-refractivity contribution in [2.24, 2.45) is 5.92 Å². The summed E-state index contributed by atoms with van der Waals surface area (Å²) in [5, 5.41) is 15.4. The van der Waals surface area contributed by atoms with E-state index in [9.17, 15) is 13.6 Å². The molecule has 0 spiro atoms. The second kappa shape index (κ2) is 6.45. The number of hydrogen-bond donors (Lipinski definition) is 2. The normalized spacial score (nSPS) is 12.2. The van der Waals surface area contributed by atoms with Crippen molar-refractivity contribution in [2.45, 2.75) is 6.92 Å². The highest BCUT2D eigenvalue weighted by Gasteiger charge is 2.12. The summed E-state index contributed by atoms with van der Waals surface area (Å²) in [6.07, 6.45) is 2.65. The van der Waals surface area contributed by atoms with Gasteiger partial charge < -0.3 is 10.4 Å². The molecule has 2 N–H and O–H groups in total. The number of carbonyl (C=O) groups excluding carboxylic acids is 1. The van der Waals surface area contributed by atoms with Crippen molar-refractivity contribution in [3.8, 4) is 5.69 Å². The molecule has 0 aliphatic carbocycles. The first-order valence-corrected chi connectivity index (χ1v) is 6.40. The summed E-state index contributed by atoms with van der Waals surface area (Å²) in [6.45, 7) is 2.09. The van der Waals surface area contributed by atoms with Crippen molar-refractivity contribution in [3.63, 3.8) is 0 Å². The Labute approximate surface area is 120 Å². The Bertz CT molecular complexity index is 643. The van der Waals surface area contributed by atoms with E-state index in [1.165, 1.54) is 23.1 Å². The Morgan fingerprint density at radius 1 is 1.48 bits per heavy atom. The zero-order valence-electron chi connectivity index (χ0n) is 11.4. The predicted molar refractivity (Wildman–Crippen MR) is 72.1 cm³/mol. The van der Waals surface area contributed by atoms with E-state index in [1.807, 2.05) is 0 Å². The van der Waals surface area contributed by atoms with E-state index in [1.54, 1.807) is 6.92 Å². The van der Waals surface area contributed by atoms with E-state index in [0.717, 1.165) is 12.1 Å². The minimum atomic E-state index is -0.765. The number of aliphatic hydroxyl groups is 1. The highest BCUT2D eigenvalue weighted by Crippen LogP contribution is 2.14. The van der Waals surface area contributed by atoms with Crippen LogP contribution < -0.4 is 5.32 Å². The van der Waals surface area contributed by atoms with E-state index < -0.39 is 11.6 Å². The third kappa shape index (κ3) is 3.63. The molecule has 0 aliphatic rings. The Kier molecular flexibility index (Phi) is 4.64. The van der Waals surface area contributed by atoms with E-state index in [2.05, 4.69) is 10.4 Å². The number of aliphatic hydroxyl groups excluding tert-OH is 1. The smallest absolute Gasteiger partial charge is 0.254 e. The minimum absolute atomic E-state index is 0.0274. The summed E-state index contributed by atoms with van der Waals surface area (Å²) < 4.78 is 27.6. The van der Waals surface area contributed by atoms with Crippen LogP contribution in [0.5, 0.6) is 0 Å². The third-order valence-electron chi connectivity index (χ3n) is 2.92. The van der Waals surface area contributed by atoms with Gasteiger partial charge in [-0.05, 0) is 18.1 Å². The molecule has 0 fully saturated rings. The van der Waals surface area contributed by atoms with Crippen LogP contribution >= 0.6 is 0 Å². The Hall–Kier alpha value is -2.28. The first kappa shape index (κ1) is 15.1. The maximum absolute atomic E-state index is 13.6. The largest absolute Gasteiger partial charge is 0.396 e. The fourth-order valence-corrected chi connectivity index (χ4v) is 1.67. The molecule has 1 unspecified atom stereocenters. The van der Waals surface area contributed by atoms with Gasteiger partial charge in [-0.25, -0.2) is 13.5 Å². The lowest BCUT2D eigenvalue weighted by atomic mass is 10.2. The van der Waals surface area contributed by atoms with Gasteiger partial charge in [-0.3, -0.25) is 4.79 Å². The zero-order valence-corrected chi connectivity index (χ0v) is 11.4. The van der Waals surface area contributed by atoms with Gasteiger partial charge in [-0.1, -0.05) is 6.92 Å². The molecule has 0 aliphatic heterocycles. The van der Waals surface area contributed by atoms with Gasteiger partial charge in [-0.2, -0.15) is 5.10 Å². The van der Waals surface area contributed by atoms with Crippen molar-refractivity contribution in [1.82, 2.24) is 15.1 Å². The number of rotatable bonds is 5. The number of nitrogens with one attached hydrogen (secondary N) is 1. The quantitative estimate of drug-likeness (QED) is 0.878. The van der Waals surface area contributed by atoms with Crippen molar-refractivity contribution < 1.29 is 18.7 Å². The van der Waals surface area contributed by atoms with Crippen molar-refractivity contribution >= 4 is 5.91 Å². The Morgan fingerprint density at radius 2 is 2.24 bits per heavy atom. The van der Waals surface area contributed by atoms with Gasteiger partial charge in [0.2, 0.25) is 0 Å². The molecule has 21 heavy (non-hydrogen) atoms. The molecule has 1 heterocycles. The number of benzene rings is 1. The highest BCUT2D eigenvalue weighted by molar-refractivity contribution is 5.93. The topological polar surface area (TPSA) is 67.2 Å². The van der Waals surface area contributed by atoms with Crippen LogP contribution in [0.25, 0.3) is 5.69 Å². The zero-order chi connectivity index (χ0) is 15.4. The van der Waals surface area contributed by atoms with Gasteiger partial charge in [0.05, 0.1) is 11.8 Å². The molecule has 1 atom stereocenters. The average Bonchev–Trinajstić information content (AvgIpc) is 2.93. The molecular formula is C14H15F2N3O2. The second-order valence-corrected chi connectivity index (χ2v) is 4.77. The van der Waals surface area contributed by atoms with Crippen LogP contribution in [-0.4, -0.2) is 33.9 Å². The number of amides is 1. The Morgan fingerprint density at radius 3 is 2.90 bits per heavy atom. The van der Waals surface area contributed by atoms with Crippen molar-refractivity contribution in [2.75, 3.05) is 13.2 Å². The second-order valence-electron chi connectivity index (χ2n) is 4.77. The number of aromatic nitrogens is 2. The fraction of sp³-hybridized carbons (Fsp3) is 0.286. The first-order valence-electron chi connectivity index (χ1n) is 6.40. The summed E-state index contributed by atoms with van der Waals surface area (Å²) in [6, 6.07) is 3.11. The molecule has 0 radical (unpaired) electrons. The number of nitrogens with zero attached hydrogens (tertiary/aromatic N) is 2. The van der Waals surface area contributed by atoms with Crippen molar-refractivity contribution in [1.29, 1.82) is 0 Å². The minimum Gasteiger partial charge on any atom is -0.396 e. The molecule has 0 saturated carbocycles. The summed E-state index contributed by atoms with van der Waals surface area (Å²) in [7, 11) is 0. The third-order valence-corrected chi connectivity index (χ3v) is 2.92. The lowest BCUT2D eigenvalue weighted by Crippen LogP contribution is -2.29. The molecule has 2 aromatic rings. The molecule has 0 bridgehead atoms. The molecule has 1 aromatic heterocycles. The number of hydrogen-bond acceptors (Lipinski definition) is 3. The van der Waals surface area contributed by atoms with Gasteiger partial charge in [-0.15, -0.1) is 0 Å². The maximum Gasteiger partial charge on any atom is 0.254 e. The SMILES string of the molecule is CC(CO)CNC(=O)c1cnn(-c2ccc(F)cc2F)c1. The van der Waals surface area contributed by atoms with Crippen LogP contribution in [0.1, 0.15) is 17.3 Å². The molecule has 112 valence electrons. The van der Waals surface area contributed by atoms with Crippen LogP contribution in [0.15, 0.2) is 30.6 Å². The van der Waals surface area contributed by atoms with Crippen LogP contribution in [0.3, 0.4) is 0 Å². The number of halogens is 2. The maximum atomic E-state index is 13.6. The van der Waals surface area contributed by atoms with Crippen molar-refractivity contribution in [3.05, 3.63) is 47.8 Å². The monoisotopic (exact) mass is 295 g/mol.